The van der Waals surface area contributed by atoms with Crippen molar-refractivity contribution >= 4 is 17.2 Å². The first-order valence-corrected chi connectivity index (χ1v) is 12.2. The number of hydrogen-bond acceptors (Lipinski definition) is 7. The van der Waals surface area contributed by atoms with Crippen LogP contribution in [-0.2, 0) is 10.9 Å². The summed E-state index contributed by atoms with van der Waals surface area (Å²) in [5, 5.41) is 3.58. The van der Waals surface area contributed by atoms with Crippen molar-refractivity contribution in [3.05, 3.63) is 64.4 Å². The Balaban J connectivity index is 1.52. The molecule has 0 bridgehead atoms. The molecule has 7 nitrogen and oxygen atoms in total. The summed E-state index contributed by atoms with van der Waals surface area (Å²) in [5.74, 6) is 0.113. The molecule has 3 heterocycles. The van der Waals surface area contributed by atoms with Gasteiger partial charge in [0.15, 0.2) is 0 Å². The topological polar surface area (TPSA) is 76.6 Å². The lowest BCUT2D eigenvalue weighted by Crippen LogP contribution is -2.42. The maximum absolute atomic E-state index is 13.1. The van der Waals surface area contributed by atoms with E-state index >= 15 is 0 Å². The van der Waals surface area contributed by atoms with Crippen molar-refractivity contribution in [2.45, 2.75) is 32.2 Å². The zero-order valence-corrected chi connectivity index (χ0v) is 20.9. The summed E-state index contributed by atoms with van der Waals surface area (Å²) in [6.45, 7) is 6.22. The molecule has 1 saturated heterocycles. The van der Waals surface area contributed by atoms with Crippen molar-refractivity contribution in [3.63, 3.8) is 0 Å². The van der Waals surface area contributed by atoms with E-state index in [-0.39, 0.29) is 6.10 Å². The average Bonchev–Trinajstić information content (AvgIpc) is 3.28. The number of rotatable bonds is 7. The average molecular weight is 521 g/mol. The minimum atomic E-state index is -4.52. The van der Waals surface area contributed by atoms with Gasteiger partial charge >= 0.3 is 6.18 Å². The molecule has 2 atom stereocenters. The second kappa shape index (κ2) is 10.9. The Kier molecular flexibility index (Phi) is 7.91. The van der Waals surface area contributed by atoms with Crippen LogP contribution in [0.1, 0.15) is 39.5 Å². The van der Waals surface area contributed by atoms with E-state index in [0.717, 1.165) is 40.8 Å². The fourth-order valence-corrected chi connectivity index (χ4v) is 4.53. The molecule has 0 unspecified atom stereocenters. The lowest BCUT2D eigenvalue weighted by molar-refractivity contribution is -0.141. The van der Waals surface area contributed by atoms with Crippen LogP contribution in [0, 0.1) is 6.92 Å². The molecule has 0 aliphatic carbocycles. The zero-order chi connectivity index (χ0) is 25.9. The smallest absolute Gasteiger partial charge is 0.433 e. The van der Waals surface area contributed by atoms with Gasteiger partial charge in [0.1, 0.15) is 29.2 Å². The summed E-state index contributed by atoms with van der Waals surface area (Å²) in [7, 11) is 2.02. The molecule has 192 valence electrons. The highest BCUT2D eigenvalue weighted by molar-refractivity contribution is 7.14. The molecular formula is C25H27F3N4O3S. The van der Waals surface area contributed by atoms with Crippen molar-refractivity contribution in [1.82, 2.24) is 20.2 Å². The number of likely N-dealkylation sites (N-methyl/N-ethyl adjacent to an activating group) is 1. The maximum Gasteiger partial charge on any atom is 0.433 e. The van der Waals surface area contributed by atoms with Gasteiger partial charge in [0, 0.05) is 41.5 Å². The van der Waals surface area contributed by atoms with Gasteiger partial charge in [-0.05, 0) is 50.7 Å². The van der Waals surface area contributed by atoms with Crippen LogP contribution in [0.3, 0.4) is 0 Å². The molecule has 0 radical (unpaired) electrons. The van der Waals surface area contributed by atoms with Crippen LogP contribution in [0.5, 0.6) is 5.75 Å². The monoisotopic (exact) mass is 520 g/mol. The highest BCUT2D eigenvalue weighted by Crippen LogP contribution is 2.31. The van der Waals surface area contributed by atoms with Crippen molar-refractivity contribution in [3.8, 4) is 16.3 Å². The normalized spacial score (nSPS) is 17.6. The van der Waals surface area contributed by atoms with E-state index in [1.807, 2.05) is 20.0 Å². The molecule has 1 aromatic carbocycles. The standard InChI is InChI=1S/C25H27F3N4O3S/c1-15-11-30-24(36-15)19-8-18(9-20(10-19)35-14-21-13-32(3)6-7-34-21)23(33)31-16(2)17-4-5-22(29-12-17)25(26,27)28/h4-5,8-12,16,21H,6-7,13-14H2,1-3H3,(H,31,33)/t16-,21-/m1/s1. The molecule has 0 spiro atoms. The molecule has 3 aromatic rings. The summed E-state index contributed by atoms with van der Waals surface area (Å²) < 4.78 is 50.2. The molecule has 1 amide bonds. The SMILES string of the molecule is Cc1cnc(-c2cc(OC[C@H]3CN(C)CCO3)cc(C(=O)N[C@H](C)c3ccc(C(F)(F)F)nc3)c2)s1. The van der Waals surface area contributed by atoms with Gasteiger partial charge in [0.25, 0.3) is 5.91 Å². The van der Waals surface area contributed by atoms with E-state index in [1.54, 1.807) is 25.3 Å². The number of halogens is 3. The van der Waals surface area contributed by atoms with Crippen LogP contribution in [0.2, 0.25) is 0 Å². The van der Waals surface area contributed by atoms with Gasteiger partial charge < -0.3 is 19.7 Å². The number of amides is 1. The van der Waals surface area contributed by atoms with Crippen LogP contribution in [-0.4, -0.2) is 60.2 Å². The van der Waals surface area contributed by atoms with Crippen molar-refractivity contribution in [2.24, 2.45) is 0 Å². The predicted molar refractivity (Wildman–Crippen MR) is 130 cm³/mol. The Morgan fingerprint density at radius 3 is 2.72 bits per heavy atom. The fourth-order valence-electron chi connectivity index (χ4n) is 3.77. The molecule has 11 heteroatoms. The number of hydrogen-bond donors (Lipinski definition) is 1. The van der Waals surface area contributed by atoms with Crippen LogP contribution in [0.15, 0.2) is 42.7 Å². The largest absolute Gasteiger partial charge is 0.491 e. The van der Waals surface area contributed by atoms with Gasteiger partial charge in [-0.15, -0.1) is 11.3 Å². The third-order valence-corrected chi connectivity index (χ3v) is 6.70. The van der Waals surface area contributed by atoms with Crippen LogP contribution < -0.4 is 10.1 Å². The first-order valence-electron chi connectivity index (χ1n) is 11.4. The van der Waals surface area contributed by atoms with E-state index in [2.05, 4.69) is 20.2 Å². The molecule has 1 aliphatic heterocycles. The van der Waals surface area contributed by atoms with Gasteiger partial charge in [0.05, 0.1) is 12.6 Å². The lowest BCUT2D eigenvalue weighted by atomic mass is 10.1. The van der Waals surface area contributed by atoms with E-state index in [0.29, 0.717) is 30.1 Å². The predicted octanol–water partition coefficient (Wildman–Crippen LogP) is 4.73. The fraction of sp³-hybridized carbons (Fsp3) is 0.400. The maximum atomic E-state index is 13.1. The highest BCUT2D eigenvalue weighted by atomic mass is 32.1. The van der Waals surface area contributed by atoms with Gasteiger partial charge in [0.2, 0.25) is 0 Å². The van der Waals surface area contributed by atoms with E-state index < -0.39 is 23.8 Å². The number of aromatic nitrogens is 2. The first kappa shape index (κ1) is 26.1. The lowest BCUT2D eigenvalue weighted by Gasteiger charge is -2.29. The third-order valence-electron chi connectivity index (χ3n) is 5.74. The van der Waals surface area contributed by atoms with Crippen LogP contribution in [0.25, 0.3) is 10.6 Å². The number of benzene rings is 1. The van der Waals surface area contributed by atoms with Gasteiger partial charge in [-0.25, -0.2) is 4.98 Å². The summed E-state index contributed by atoms with van der Waals surface area (Å²) in [6, 6.07) is 6.86. The Bertz CT molecular complexity index is 1200. The summed E-state index contributed by atoms with van der Waals surface area (Å²) >= 11 is 1.50. The van der Waals surface area contributed by atoms with Crippen molar-refractivity contribution in [2.75, 3.05) is 33.4 Å². The Morgan fingerprint density at radius 2 is 2.08 bits per heavy atom. The Hall–Kier alpha value is -3.02. The molecule has 0 saturated carbocycles. The molecule has 4 rings (SSSR count). The minimum absolute atomic E-state index is 0.0843. The Labute approximate surface area is 211 Å². The number of nitrogens with one attached hydrogen (secondary N) is 1. The van der Waals surface area contributed by atoms with E-state index in [4.69, 9.17) is 9.47 Å². The number of carbonyl (C=O) groups excluding carboxylic acids is 1. The van der Waals surface area contributed by atoms with E-state index in [1.165, 1.54) is 17.4 Å². The second-order valence-electron chi connectivity index (χ2n) is 8.76. The van der Waals surface area contributed by atoms with Crippen molar-refractivity contribution in [1.29, 1.82) is 0 Å². The number of morpholine rings is 1. The number of nitrogens with zero attached hydrogens (tertiary/aromatic N) is 3. The van der Waals surface area contributed by atoms with Crippen molar-refractivity contribution < 1.29 is 27.4 Å². The molecule has 1 fully saturated rings. The molecule has 2 aromatic heterocycles. The second-order valence-corrected chi connectivity index (χ2v) is 9.99. The number of pyridine rings is 1. The molecule has 36 heavy (non-hydrogen) atoms. The van der Waals surface area contributed by atoms with Gasteiger partial charge in [-0.1, -0.05) is 6.07 Å². The quantitative estimate of drug-likeness (QED) is 0.485. The number of ether oxygens (including phenoxy) is 2. The Morgan fingerprint density at radius 1 is 1.28 bits per heavy atom. The molecule has 1 N–H and O–H groups in total. The zero-order valence-electron chi connectivity index (χ0n) is 20.1. The number of carbonyl (C=O) groups is 1. The van der Waals surface area contributed by atoms with Gasteiger partial charge in [-0.2, -0.15) is 13.2 Å². The molecular weight excluding hydrogens is 493 g/mol. The summed E-state index contributed by atoms with van der Waals surface area (Å²) in [5.41, 5.74) is 0.564. The van der Waals surface area contributed by atoms with Crippen LogP contribution in [0.4, 0.5) is 13.2 Å². The van der Waals surface area contributed by atoms with Crippen LogP contribution >= 0.6 is 11.3 Å². The minimum Gasteiger partial charge on any atom is -0.491 e. The number of aryl methyl sites for hydroxylation is 1. The molecule has 1 aliphatic rings. The number of alkyl halides is 3. The third kappa shape index (κ3) is 6.59. The first-order chi connectivity index (χ1) is 17.1. The number of thiazole rings is 1. The summed E-state index contributed by atoms with van der Waals surface area (Å²) in [4.78, 5) is 24.2. The van der Waals surface area contributed by atoms with E-state index in [9.17, 15) is 18.0 Å². The highest BCUT2D eigenvalue weighted by Gasteiger charge is 2.32. The van der Waals surface area contributed by atoms with Gasteiger partial charge in [-0.3, -0.25) is 9.78 Å². The summed E-state index contributed by atoms with van der Waals surface area (Å²) in [6.07, 6.45) is -1.72.